The van der Waals surface area contributed by atoms with Crippen molar-refractivity contribution in [2.24, 2.45) is 0 Å². The number of nitrogen functional groups attached to an aromatic ring is 1. The summed E-state index contributed by atoms with van der Waals surface area (Å²) in [4.78, 5) is 0.154. The first-order chi connectivity index (χ1) is 8.33. The fourth-order valence-corrected chi connectivity index (χ4v) is 3.42. The summed E-state index contributed by atoms with van der Waals surface area (Å²) in [6.07, 6.45) is 2.13. The maximum atomic E-state index is 11.9. The van der Waals surface area contributed by atoms with Crippen molar-refractivity contribution in [1.29, 1.82) is 0 Å². The van der Waals surface area contributed by atoms with Gasteiger partial charge in [0.2, 0.25) is 10.0 Å². The number of nitrogens with one attached hydrogen (secondary N) is 1. The minimum absolute atomic E-state index is 0.154. The molecule has 0 saturated heterocycles. The van der Waals surface area contributed by atoms with Crippen LogP contribution >= 0.6 is 15.9 Å². The molecule has 0 radical (unpaired) electrons. The van der Waals surface area contributed by atoms with Gasteiger partial charge in [-0.25, -0.2) is 13.1 Å². The third kappa shape index (κ3) is 4.68. The third-order valence-electron chi connectivity index (χ3n) is 2.18. The van der Waals surface area contributed by atoms with Gasteiger partial charge in [0, 0.05) is 39.5 Å². The summed E-state index contributed by atoms with van der Waals surface area (Å²) in [7, 11) is -4.44. The van der Waals surface area contributed by atoms with Crippen molar-refractivity contribution in [2.75, 3.05) is 24.3 Å². The van der Waals surface area contributed by atoms with Crippen LogP contribution in [0.2, 0.25) is 0 Å². The Bertz CT molecular complexity index is 546. The van der Waals surface area contributed by atoms with Crippen molar-refractivity contribution in [3.05, 3.63) is 22.7 Å². The molecule has 1 atom stereocenters. The molecule has 0 amide bonds. The predicted molar refractivity (Wildman–Crippen MR) is 77.3 cm³/mol. The number of hydrogen-bond acceptors (Lipinski definition) is 4. The molecule has 0 heterocycles. The van der Waals surface area contributed by atoms with Gasteiger partial charge in [0.1, 0.15) is 0 Å². The van der Waals surface area contributed by atoms with Crippen LogP contribution in [0, 0.1) is 0 Å². The summed E-state index contributed by atoms with van der Waals surface area (Å²) in [6, 6.07) is 4.43. The number of halogens is 1. The zero-order chi connectivity index (χ0) is 13.8. The second-order valence-electron chi connectivity index (χ2n) is 3.71. The summed E-state index contributed by atoms with van der Waals surface area (Å²) in [5, 5.41) is 0. The molecular weight excluding hydrogens is 340 g/mol. The molecule has 0 aliphatic carbocycles. The molecule has 0 bridgehead atoms. The van der Waals surface area contributed by atoms with E-state index in [0.29, 0.717) is 22.3 Å². The number of sulfonamides is 1. The van der Waals surface area contributed by atoms with E-state index < -0.39 is 20.8 Å². The van der Waals surface area contributed by atoms with Crippen LogP contribution in [0.1, 0.15) is 6.42 Å². The quantitative estimate of drug-likeness (QED) is 0.590. The Kier molecular flexibility index (Phi) is 5.77. The molecule has 18 heavy (non-hydrogen) atoms. The van der Waals surface area contributed by atoms with Crippen LogP contribution in [0.3, 0.4) is 0 Å². The lowest BCUT2D eigenvalue weighted by Gasteiger charge is -2.07. The number of hydrogen-bond donors (Lipinski definition) is 2. The van der Waals surface area contributed by atoms with Crippen molar-refractivity contribution in [1.82, 2.24) is 4.72 Å². The maximum absolute atomic E-state index is 11.9. The van der Waals surface area contributed by atoms with Crippen molar-refractivity contribution >= 4 is 42.4 Å². The SMILES string of the molecule is CS(=O)CCCNS(=O)(=O)c1ccc(N)c(Br)c1. The lowest BCUT2D eigenvalue weighted by atomic mass is 10.3. The monoisotopic (exact) mass is 354 g/mol. The largest absolute Gasteiger partial charge is 0.398 e. The van der Waals surface area contributed by atoms with Crippen molar-refractivity contribution in [3.63, 3.8) is 0 Å². The lowest BCUT2D eigenvalue weighted by Crippen LogP contribution is -2.25. The average Bonchev–Trinajstić information content (AvgIpc) is 2.28. The number of anilines is 1. The topological polar surface area (TPSA) is 89.3 Å². The van der Waals surface area contributed by atoms with Crippen LogP contribution in [-0.4, -0.2) is 31.2 Å². The molecule has 1 aromatic carbocycles. The van der Waals surface area contributed by atoms with E-state index in [1.165, 1.54) is 18.2 Å². The van der Waals surface area contributed by atoms with Crippen LogP contribution in [-0.2, 0) is 20.8 Å². The molecule has 1 rings (SSSR count). The highest BCUT2D eigenvalue weighted by Gasteiger charge is 2.14. The van der Waals surface area contributed by atoms with E-state index in [-0.39, 0.29) is 11.4 Å². The van der Waals surface area contributed by atoms with Gasteiger partial charge in [-0.3, -0.25) is 4.21 Å². The van der Waals surface area contributed by atoms with E-state index >= 15 is 0 Å². The normalized spacial score (nSPS) is 13.4. The Labute approximate surface area is 118 Å². The standard InChI is InChI=1S/C10H15BrN2O3S2/c1-17(14)6-2-5-13-18(15,16)8-3-4-10(12)9(11)7-8/h3-4,7,13H,2,5-6,12H2,1H3. The Morgan fingerprint density at radius 3 is 2.67 bits per heavy atom. The highest BCUT2D eigenvalue weighted by Crippen LogP contribution is 2.22. The number of benzene rings is 1. The second kappa shape index (κ2) is 6.65. The van der Waals surface area contributed by atoms with Gasteiger partial charge < -0.3 is 5.73 Å². The zero-order valence-electron chi connectivity index (χ0n) is 9.85. The van der Waals surface area contributed by atoms with Crippen molar-refractivity contribution < 1.29 is 12.6 Å². The van der Waals surface area contributed by atoms with E-state index in [1.54, 1.807) is 6.26 Å². The van der Waals surface area contributed by atoms with Gasteiger partial charge >= 0.3 is 0 Å². The zero-order valence-corrected chi connectivity index (χ0v) is 13.1. The molecule has 0 spiro atoms. The molecule has 8 heteroatoms. The van der Waals surface area contributed by atoms with Crippen LogP contribution in [0.5, 0.6) is 0 Å². The summed E-state index contributed by atoms with van der Waals surface area (Å²) in [5.41, 5.74) is 6.07. The molecule has 0 aromatic heterocycles. The van der Waals surface area contributed by atoms with Crippen LogP contribution in [0.25, 0.3) is 0 Å². The average molecular weight is 355 g/mol. The van der Waals surface area contributed by atoms with E-state index in [9.17, 15) is 12.6 Å². The molecule has 102 valence electrons. The highest BCUT2D eigenvalue weighted by molar-refractivity contribution is 9.10. The van der Waals surface area contributed by atoms with Gasteiger partial charge in [-0.2, -0.15) is 0 Å². The molecule has 0 aliphatic rings. The molecule has 1 aromatic rings. The highest BCUT2D eigenvalue weighted by atomic mass is 79.9. The van der Waals surface area contributed by atoms with Gasteiger partial charge in [0.25, 0.3) is 0 Å². The first-order valence-electron chi connectivity index (χ1n) is 5.17. The fourth-order valence-electron chi connectivity index (χ4n) is 1.24. The van der Waals surface area contributed by atoms with Crippen LogP contribution in [0.4, 0.5) is 5.69 Å². The number of nitrogens with two attached hydrogens (primary N) is 1. The summed E-state index contributed by atoms with van der Waals surface area (Å²) in [5.74, 6) is 0.480. The van der Waals surface area contributed by atoms with Gasteiger partial charge in [-0.1, -0.05) is 0 Å². The molecule has 5 nitrogen and oxygen atoms in total. The molecule has 1 unspecified atom stereocenters. The van der Waals surface area contributed by atoms with Crippen molar-refractivity contribution in [3.8, 4) is 0 Å². The minimum Gasteiger partial charge on any atom is -0.398 e. The molecule has 0 aliphatic heterocycles. The fraction of sp³-hybridized carbons (Fsp3) is 0.400. The molecule has 0 fully saturated rings. The molecule has 0 saturated carbocycles. The van der Waals surface area contributed by atoms with Crippen molar-refractivity contribution in [2.45, 2.75) is 11.3 Å². The van der Waals surface area contributed by atoms with Crippen LogP contribution in [0.15, 0.2) is 27.6 Å². The summed E-state index contributed by atoms with van der Waals surface area (Å²) in [6.45, 7) is 0.268. The Balaban J connectivity index is 2.68. The lowest BCUT2D eigenvalue weighted by molar-refractivity contribution is 0.580. The van der Waals surface area contributed by atoms with Gasteiger partial charge in [-0.05, 0) is 40.5 Å². The van der Waals surface area contributed by atoms with E-state index in [0.717, 1.165) is 0 Å². The van der Waals surface area contributed by atoms with Gasteiger partial charge in [-0.15, -0.1) is 0 Å². The summed E-state index contributed by atoms with van der Waals surface area (Å²) >= 11 is 3.18. The third-order valence-corrected chi connectivity index (χ3v) is 5.19. The van der Waals surface area contributed by atoms with Crippen LogP contribution < -0.4 is 10.5 Å². The predicted octanol–water partition coefficient (Wildman–Crippen LogP) is 1.08. The van der Waals surface area contributed by atoms with E-state index in [1.807, 2.05) is 0 Å². The maximum Gasteiger partial charge on any atom is 0.240 e. The Hall–Kier alpha value is -0.440. The first kappa shape index (κ1) is 15.6. The van der Waals surface area contributed by atoms with Gasteiger partial charge in [0.15, 0.2) is 0 Å². The first-order valence-corrected chi connectivity index (χ1v) is 9.18. The number of rotatable bonds is 6. The van der Waals surface area contributed by atoms with E-state index in [2.05, 4.69) is 20.7 Å². The molecular formula is C10H15BrN2O3S2. The summed E-state index contributed by atoms with van der Waals surface area (Å²) < 4.78 is 37.6. The Morgan fingerprint density at radius 2 is 2.11 bits per heavy atom. The molecule has 3 N–H and O–H groups in total. The van der Waals surface area contributed by atoms with E-state index in [4.69, 9.17) is 5.73 Å². The Morgan fingerprint density at radius 1 is 1.44 bits per heavy atom. The second-order valence-corrected chi connectivity index (χ2v) is 7.89. The smallest absolute Gasteiger partial charge is 0.240 e. The van der Waals surface area contributed by atoms with Gasteiger partial charge in [0.05, 0.1) is 4.90 Å². The minimum atomic E-state index is -3.53.